The molecule has 2 aliphatic rings. The van der Waals surface area contributed by atoms with E-state index >= 15 is 0 Å². The molecule has 2 fully saturated rings. The fraction of sp³-hybridized carbons (Fsp3) is 0.333. The van der Waals surface area contributed by atoms with Crippen molar-refractivity contribution in [1.82, 2.24) is 29.9 Å². The summed E-state index contributed by atoms with van der Waals surface area (Å²) in [6.07, 6.45) is 29.9. The van der Waals surface area contributed by atoms with E-state index in [4.69, 9.17) is 15.0 Å². The summed E-state index contributed by atoms with van der Waals surface area (Å²) < 4.78 is 0. The molecule has 1 N–H and O–H groups in total. The average Bonchev–Trinajstić information content (AvgIpc) is 1.56. The van der Waals surface area contributed by atoms with Crippen LogP contribution < -0.4 is 0 Å². The number of nitrogens with zero attached hydrogens (tertiary/aromatic N) is 6. The predicted molar refractivity (Wildman–Crippen MR) is 420 cm³/mol. The van der Waals surface area contributed by atoms with Gasteiger partial charge in [0.1, 0.15) is 17.5 Å². The molecule has 0 amide bonds. The minimum absolute atomic E-state index is 0.468. The van der Waals surface area contributed by atoms with Crippen LogP contribution in [0.2, 0.25) is 0 Å². The SMILES string of the molecule is CC(O)c1cccc(Cc2nccc(-c3ccc(CCCCc4ccccc4)s3)n2)c1.CC1CCC(Cc2cccc(Cc3nccc(-c4ccc(CCc5ccccc5)s4)n3)c2)CC1.Cc1ccccc1CCc1ccc(-c2ccnc(Cc3cccc(CC4CCC(C)CC4)c3)n2)s1. The molecule has 1 atom stereocenters. The number of hydrogen-bond acceptors (Lipinski definition) is 10. The summed E-state index contributed by atoms with van der Waals surface area (Å²) in [5.41, 5.74) is 16.3. The summed E-state index contributed by atoms with van der Waals surface area (Å²) in [7, 11) is 0. The molecule has 0 spiro atoms. The highest BCUT2D eigenvalue weighted by Crippen LogP contribution is 2.35. The van der Waals surface area contributed by atoms with Crippen molar-refractivity contribution in [2.75, 3.05) is 0 Å². The van der Waals surface area contributed by atoms with E-state index in [-0.39, 0.29) is 0 Å². The Labute approximate surface area is 607 Å². The summed E-state index contributed by atoms with van der Waals surface area (Å²) in [4.78, 5) is 36.2. The van der Waals surface area contributed by atoms with Crippen molar-refractivity contribution in [1.29, 1.82) is 0 Å². The van der Waals surface area contributed by atoms with Gasteiger partial charge in [0.05, 0.1) is 37.8 Å². The lowest BCUT2D eigenvalue weighted by molar-refractivity contribution is 0.199. The minimum atomic E-state index is -0.468. The Morgan fingerprint density at radius 3 is 1.23 bits per heavy atom. The Hall–Kier alpha value is -8.38. The lowest BCUT2D eigenvalue weighted by Crippen LogP contribution is -2.14. The number of aryl methyl sites for hydroxylation is 7. The van der Waals surface area contributed by atoms with Crippen LogP contribution in [0.4, 0.5) is 0 Å². The maximum atomic E-state index is 9.81. The van der Waals surface area contributed by atoms with Gasteiger partial charge >= 0.3 is 0 Å². The number of aromatic nitrogens is 6. The van der Waals surface area contributed by atoms with E-state index in [1.165, 1.54) is 151 Å². The van der Waals surface area contributed by atoms with Gasteiger partial charge in [-0.3, -0.25) is 0 Å². The molecule has 1 unspecified atom stereocenters. The minimum Gasteiger partial charge on any atom is -0.389 e. The van der Waals surface area contributed by atoms with Crippen LogP contribution in [-0.2, 0) is 70.6 Å². The van der Waals surface area contributed by atoms with Gasteiger partial charge in [-0.15, -0.1) is 34.0 Å². The zero-order chi connectivity index (χ0) is 68.7. The molecule has 0 bridgehead atoms. The van der Waals surface area contributed by atoms with Gasteiger partial charge in [0.2, 0.25) is 0 Å². The highest BCUT2D eigenvalue weighted by atomic mass is 32.1. The molecular formula is C90H98N6OS3. The van der Waals surface area contributed by atoms with Crippen molar-refractivity contribution in [3.8, 4) is 31.7 Å². The number of rotatable bonds is 25. The first-order valence-electron chi connectivity index (χ1n) is 36.8. The summed E-state index contributed by atoms with van der Waals surface area (Å²) in [6.45, 7) is 8.77. The third-order valence-electron chi connectivity index (χ3n) is 20.1. The molecule has 0 radical (unpaired) electrons. The molecule has 6 aromatic heterocycles. The van der Waals surface area contributed by atoms with Crippen LogP contribution in [-0.4, -0.2) is 35.0 Å². The van der Waals surface area contributed by atoms with Gasteiger partial charge in [-0.05, 0) is 238 Å². The number of unbranched alkanes of at least 4 members (excludes halogenated alkanes) is 1. The van der Waals surface area contributed by atoms with Gasteiger partial charge in [-0.2, -0.15) is 0 Å². The van der Waals surface area contributed by atoms with E-state index in [1.807, 2.05) is 89.0 Å². The number of aliphatic hydroxyl groups is 1. The third kappa shape index (κ3) is 22.1. The highest BCUT2D eigenvalue weighted by molar-refractivity contribution is 7.16. The summed E-state index contributed by atoms with van der Waals surface area (Å²) in [6, 6.07) is 75.7. The Kier molecular flexibility index (Phi) is 26.3. The zero-order valence-electron chi connectivity index (χ0n) is 59.0. The highest BCUT2D eigenvalue weighted by Gasteiger charge is 2.21. The lowest BCUT2D eigenvalue weighted by Gasteiger charge is -2.26. The normalized spacial score (nSPS) is 16.2. The lowest BCUT2D eigenvalue weighted by atomic mass is 9.80. The second-order valence-electron chi connectivity index (χ2n) is 28.2. The Morgan fingerprint density at radius 2 is 0.760 bits per heavy atom. The molecule has 100 heavy (non-hydrogen) atoms. The molecule has 7 nitrogen and oxygen atoms in total. The fourth-order valence-corrected chi connectivity index (χ4v) is 17.1. The van der Waals surface area contributed by atoms with Crippen LogP contribution >= 0.6 is 34.0 Å². The zero-order valence-corrected chi connectivity index (χ0v) is 61.5. The van der Waals surface area contributed by atoms with Crippen molar-refractivity contribution < 1.29 is 5.11 Å². The molecule has 12 aromatic rings. The van der Waals surface area contributed by atoms with Gasteiger partial charge in [0, 0.05) is 52.5 Å². The van der Waals surface area contributed by atoms with E-state index < -0.39 is 6.10 Å². The number of benzene rings is 6. The Morgan fingerprint density at radius 1 is 0.370 bits per heavy atom. The van der Waals surface area contributed by atoms with Crippen molar-refractivity contribution >= 4 is 34.0 Å². The first kappa shape index (κ1) is 71.4. The van der Waals surface area contributed by atoms with Crippen molar-refractivity contribution in [2.45, 2.75) is 169 Å². The quantitative estimate of drug-likeness (QED) is 0.0569. The van der Waals surface area contributed by atoms with Crippen LogP contribution in [0.3, 0.4) is 0 Å². The largest absolute Gasteiger partial charge is 0.389 e. The van der Waals surface area contributed by atoms with E-state index in [0.717, 1.165) is 121 Å². The predicted octanol–water partition coefficient (Wildman–Crippen LogP) is 22.6. The molecule has 0 saturated heterocycles. The smallest absolute Gasteiger partial charge is 0.133 e. The van der Waals surface area contributed by atoms with E-state index in [0.29, 0.717) is 6.42 Å². The second-order valence-corrected chi connectivity index (χ2v) is 31.7. The second kappa shape index (κ2) is 36.8. The summed E-state index contributed by atoms with van der Waals surface area (Å²) >= 11 is 5.54. The first-order chi connectivity index (χ1) is 49.0. The number of thiophene rings is 3. The molecule has 6 heterocycles. The van der Waals surface area contributed by atoms with Crippen LogP contribution in [0.5, 0.6) is 0 Å². The van der Waals surface area contributed by atoms with Gasteiger partial charge in [-0.1, -0.05) is 197 Å². The maximum absolute atomic E-state index is 9.81. The van der Waals surface area contributed by atoms with Gasteiger partial charge < -0.3 is 5.11 Å². The van der Waals surface area contributed by atoms with Crippen molar-refractivity contribution in [3.05, 3.63) is 319 Å². The van der Waals surface area contributed by atoms with E-state index in [2.05, 4.69) is 212 Å². The number of aliphatic hydroxyl groups excluding tert-OH is 1. The van der Waals surface area contributed by atoms with E-state index in [9.17, 15) is 5.11 Å². The van der Waals surface area contributed by atoms with Crippen LogP contribution in [0, 0.1) is 30.6 Å². The fourth-order valence-electron chi connectivity index (χ4n) is 14.1. The van der Waals surface area contributed by atoms with Gasteiger partial charge in [0.25, 0.3) is 0 Å². The summed E-state index contributed by atoms with van der Waals surface area (Å²) in [5, 5.41) is 9.81. The van der Waals surface area contributed by atoms with Crippen LogP contribution in [0.1, 0.15) is 179 Å². The topological polar surface area (TPSA) is 97.6 Å². The molecule has 10 heteroatoms. The van der Waals surface area contributed by atoms with Crippen LogP contribution in [0.15, 0.2) is 231 Å². The number of hydrogen-bond donors (Lipinski definition) is 1. The third-order valence-corrected chi connectivity index (χ3v) is 23.6. The standard InChI is InChI=1S/C32H36N2S.C31H34N2S.C27H28N2OS/c1-23-10-12-25(13-11-23)20-26-7-5-8-27(21-26)22-32-33-19-18-30(34-32)31-17-16-29(35-31)15-14-28-9-4-3-6-24(28)2;1-23-10-12-25(13-11-23)20-26-8-5-9-27(21-26)22-31-32-19-18-29(33-31)30-17-16-28(34-30)15-14-24-6-3-2-4-7-24;1-20(30)23-12-7-11-22(18-23)19-27-28-17-16-25(29-27)26-15-14-24(31-26)13-6-5-10-21-8-3-2-4-9-21/h3-9,16-19,21,23,25H,10-15,20,22H2,1-2H3;2-9,16-19,21,23,25H,10-15,20,22H2,1H3;2-4,7-9,11-12,14-18,20,30H,5-6,10,13,19H2,1H3. The van der Waals surface area contributed by atoms with Crippen molar-refractivity contribution in [3.63, 3.8) is 0 Å². The van der Waals surface area contributed by atoms with Gasteiger partial charge in [0.15, 0.2) is 0 Å². The molecule has 14 rings (SSSR count). The maximum Gasteiger partial charge on any atom is 0.133 e. The average molecular weight is 1380 g/mol. The monoisotopic (exact) mass is 1370 g/mol. The Balaban J connectivity index is 0.000000142. The molecule has 2 saturated carbocycles. The Bertz CT molecular complexity index is 4440. The molecular weight excluding hydrogens is 1280 g/mol. The molecule has 0 aliphatic heterocycles. The van der Waals surface area contributed by atoms with Gasteiger partial charge in [-0.25, -0.2) is 29.9 Å². The first-order valence-corrected chi connectivity index (χ1v) is 39.2. The molecule has 2 aliphatic carbocycles. The molecule has 512 valence electrons. The molecule has 6 aromatic carbocycles. The summed E-state index contributed by atoms with van der Waals surface area (Å²) in [5.74, 6) is 6.13. The van der Waals surface area contributed by atoms with E-state index in [1.54, 1.807) is 6.92 Å². The van der Waals surface area contributed by atoms with Crippen molar-refractivity contribution in [2.24, 2.45) is 23.7 Å². The van der Waals surface area contributed by atoms with Crippen LogP contribution in [0.25, 0.3) is 31.7 Å².